The van der Waals surface area contributed by atoms with Crippen LogP contribution in [0, 0.1) is 0 Å². The fourth-order valence-corrected chi connectivity index (χ4v) is 3.96. The molecule has 1 saturated heterocycles. The highest BCUT2D eigenvalue weighted by Gasteiger charge is 2.23. The Balaban J connectivity index is 1.92. The van der Waals surface area contributed by atoms with Gasteiger partial charge in [-0.15, -0.1) is 0 Å². The van der Waals surface area contributed by atoms with Crippen molar-refractivity contribution in [2.45, 2.75) is 64.3 Å². The van der Waals surface area contributed by atoms with Crippen LogP contribution in [0.2, 0.25) is 0 Å². The highest BCUT2D eigenvalue weighted by atomic mass is 32.2. The monoisotopic (exact) mass is 339 g/mol. The molecule has 0 saturated carbocycles. The molecule has 1 fully saturated rings. The zero-order valence-electron chi connectivity index (χ0n) is 14.7. The third kappa shape index (κ3) is 5.12. The quantitative estimate of drug-likeness (QED) is 0.916. The predicted octanol–water partition coefficient (Wildman–Crippen LogP) is 2.85. The molecule has 2 rings (SSSR count). The molecule has 1 atom stereocenters. The molecule has 0 aromatic carbocycles. The van der Waals surface area contributed by atoms with E-state index in [0.717, 1.165) is 31.1 Å². The number of hydrogen-bond donors (Lipinski definition) is 1. The van der Waals surface area contributed by atoms with Crippen molar-refractivity contribution >= 4 is 17.8 Å². The molecule has 1 aromatic heterocycles. The Bertz CT molecular complexity index is 511. The first-order chi connectivity index (χ1) is 10.9. The summed E-state index contributed by atoms with van der Waals surface area (Å²) in [5, 5.41) is 7.84. The second kappa shape index (κ2) is 8.04. The van der Waals surface area contributed by atoms with Crippen molar-refractivity contribution in [1.82, 2.24) is 25.0 Å². The summed E-state index contributed by atoms with van der Waals surface area (Å²) < 4.78 is 1.87. The Morgan fingerprint density at radius 1 is 1.43 bits per heavy atom. The molecule has 0 radical (unpaired) electrons. The molecule has 0 spiro atoms. The van der Waals surface area contributed by atoms with Crippen LogP contribution in [0.5, 0.6) is 0 Å². The maximum Gasteiger partial charge on any atom is 0.317 e. The predicted molar refractivity (Wildman–Crippen MR) is 94.6 cm³/mol. The number of likely N-dealkylation sites (tertiary alicyclic amines) is 1. The van der Waals surface area contributed by atoms with Crippen LogP contribution in [-0.4, -0.2) is 49.8 Å². The van der Waals surface area contributed by atoms with Crippen LogP contribution in [0.1, 0.15) is 52.8 Å². The van der Waals surface area contributed by atoms with Gasteiger partial charge in [0.1, 0.15) is 12.2 Å². The summed E-state index contributed by atoms with van der Waals surface area (Å²) in [5.41, 5.74) is -0.137. The topological polar surface area (TPSA) is 63.1 Å². The van der Waals surface area contributed by atoms with E-state index >= 15 is 0 Å². The molecule has 1 N–H and O–H groups in total. The van der Waals surface area contributed by atoms with E-state index in [1.54, 1.807) is 6.33 Å². The van der Waals surface area contributed by atoms with Crippen molar-refractivity contribution in [3.8, 4) is 0 Å². The molecule has 1 aromatic rings. The van der Waals surface area contributed by atoms with E-state index in [1.165, 1.54) is 12.8 Å². The van der Waals surface area contributed by atoms with Crippen LogP contribution >= 0.6 is 11.8 Å². The van der Waals surface area contributed by atoms with Crippen LogP contribution in [-0.2, 0) is 12.1 Å². The van der Waals surface area contributed by atoms with Gasteiger partial charge in [-0.1, -0.05) is 13.3 Å². The number of amides is 2. The summed E-state index contributed by atoms with van der Waals surface area (Å²) in [6.45, 7) is 10.5. The van der Waals surface area contributed by atoms with Gasteiger partial charge in [0.05, 0.1) is 12.1 Å². The molecule has 130 valence electrons. The number of urea groups is 1. The maximum atomic E-state index is 12.5. The molecule has 0 unspecified atom stereocenters. The van der Waals surface area contributed by atoms with E-state index in [4.69, 9.17) is 0 Å². The maximum absolute atomic E-state index is 12.5. The van der Waals surface area contributed by atoms with Crippen LogP contribution < -0.4 is 5.32 Å². The fourth-order valence-electron chi connectivity index (χ4n) is 2.87. The Hall–Kier alpha value is -1.24. The van der Waals surface area contributed by atoms with Gasteiger partial charge in [0, 0.05) is 18.3 Å². The minimum Gasteiger partial charge on any atom is -0.331 e. The normalized spacial score (nSPS) is 19.5. The van der Waals surface area contributed by atoms with Gasteiger partial charge in [-0.3, -0.25) is 0 Å². The van der Waals surface area contributed by atoms with Crippen LogP contribution in [0.25, 0.3) is 0 Å². The fraction of sp³-hybridized carbons (Fsp3) is 0.812. The van der Waals surface area contributed by atoms with Gasteiger partial charge in [-0.05, 0) is 39.4 Å². The second-order valence-corrected chi connectivity index (χ2v) is 8.51. The minimum atomic E-state index is -0.137. The summed E-state index contributed by atoms with van der Waals surface area (Å²) in [5.74, 6) is 1.90. The minimum absolute atomic E-state index is 0.0112. The lowest BCUT2D eigenvalue weighted by Gasteiger charge is -2.25. The van der Waals surface area contributed by atoms with Crippen molar-refractivity contribution in [2.24, 2.45) is 0 Å². The second-order valence-electron chi connectivity index (χ2n) is 6.94. The molecule has 2 heterocycles. The average molecular weight is 340 g/mol. The van der Waals surface area contributed by atoms with Crippen molar-refractivity contribution in [1.29, 1.82) is 0 Å². The zero-order valence-corrected chi connectivity index (χ0v) is 15.5. The van der Waals surface area contributed by atoms with Gasteiger partial charge in [0.15, 0.2) is 0 Å². The Morgan fingerprint density at radius 3 is 2.91 bits per heavy atom. The Labute approximate surface area is 143 Å². The molecule has 2 amide bonds. The smallest absolute Gasteiger partial charge is 0.317 e. The number of aromatic nitrogens is 3. The number of thioether (sulfide) groups is 1. The molecular formula is C16H29N5OS. The molecule has 0 bridgehead atoms. The lowest BCUT2D eigenvalue weighted by molar-refractivity contribution is 0.199. The van der Waals surface area contributed by atoms with Crippen molar-refractivity contribution < 1.29 is 4.79 Å². The molecule has 1 aliphatic heterocycles. The summed E-state index contributed by atoms with van der Waals surface area (Å²) in [6.07, 6.45) is 5.05. The van der Waals surface area contributed by atoms with Gasteiger partial charge in [0.2, 0.25) is 0 Å². The van der Waals surface area contributed by atoms with Crippen molar-refractivity contribution in [3.05, 3.63) is 12.2 Å². The molecule has 1 aliphatic rings. The Kier molecular flexibility index (Phi) is 6.33. The third-order valence-electron chi connectivity index (χ3n) is 3.97. The Morgan fingerprint density at radius 2 is 2.22 bits per heavy atom. The number of nitrogens with one attached hydrogen (secondary N) is 1. The van der Waals surface area contributed by atoms with E-state index in [0.29, 0.717) is 11.8 Å². The van der Waals surface area contributed by atoms with Crippen LogP contribution in [0.3, 0.4) is 0 Å². The van der Waals surface area contributed by atoms with Gasteiger partial charge >= 0.3 is 6.03 Å². The molecular weight excluding hydrogens is 310 g/mol. The van der Waals surface area contributed by atoms with Gasteiger partial charge in [0.25, 0.3) is 0 Å². The highest BCUT2D eigenvalue weighted by molar-refractivity contribution is 7.99. The molecule has 23 heavy (non-hydrogen) atoms. The van der Waals surface area contributed by atoms with Gasteiger partial charge in [-0.25, -0.2) is 14.5 Å². The first kappa shape index (κ1) is 18.1. The zero-order chi connectivity index (χ0) is 16.9. The molecule has 7 heteroatoms. The number of nitrogens with zero attached hydrogens (tertiary/aromatic N) is 4. The van der Waals surface area contributed by atoms with E-state index in [9.17, 15) is 4.79 Å². The van der Waals surface area contributed by atoms with E-state index in [2.05, 4.69) is 43.1 Å². The number of hydrogen-bond acceptors (Lipinski definition) is 4. The summed E-state index contributed by atoms with van der Waals surface area (Å²) in [6, 6.07) is 0.0112. The third-order valence-corrected chi connectivity index (χ3v) is 5.16. The van der Waals surface area contributed by atoms with Crippen LogP contribution in [0.4, 0.5) is 4.79 Å². The summed E-state index contributed by atoms with van der Waals surface area (Å²) in [7, 11) is 0. The van der Waals surface area contributed by atoms with E-state index in [1.807, 2.05) is 21.3 Å². The first-order valence-electron chi connectivity index (χ1n) is 8.45. The number of carbonyl (C=O) groups excluding carboxylic acids is 1. The SMILES string of the molecule is CCS[C@H]1CCCCN(C(=O)NCc2ncnn2C(C)(C)C)C1. The van der Waals surface area contributed by atoms with Gasteiger partial charge in [-0.2, -0.15) is 16.9 Å². The van der Waals surface area contributed by atoms with Crippen LogP contribution in [0.15, 0.2) is 6.33 Å². The largest absolute Gasteiger partial charge is 0.331 e. The number of rotatable bonds is 4. The highest BCUT2D eigenvalue weighted by Crippen LogP contribution is 2.22. The molecule has 0 aliphatic carbocycles. The number of carbonyl (C=O) groups is 1. The summed E-state index contributed by atoms with van der Waals surface area (Å²) >= 11 is 1.96. The van der Waals surface area contributed by atoms with Crippen molar-refractivity contribution in [3.63, 3.8) is 0 Å². The van der Waals surface area contributed by atoms with Gasteiger partial charge < -0.3 is 10.2 Å². The standard InChI is InChI=1S/C16H29N5OS/c1-5-23-13-8-6-7-9-20(11-13)15(22)17-10-14-18-12-19-21(14)16(2,3)4/h12-13H,5-11H2,1-4H3,(H,17,22)/t13-/m0/s1. The van der Waals surface area contributed by atoms with E-state index in [-0.39, 0.29) is 11.6 Å². The van der Waals surface area contributed by atoms with E-state index < -0.39 is 0 Å². The average Bonchev–Trinajstić information content (AvgIpc) is 2.85. The molecule has 6 nitrogen and oxygen atoms in total. The first-order valence-corrected chi connectivity index (χ1v) is 9.50. The summed E-state index contributed by atoms with van der Waals surface area (Å²) in [4.78, 5) is 18.7. The lowest BCUT2D eigenvalue weighted by atomic mass is 10.1. The lowest BCUT2D eigenvalue weighted by Crippen LogP contribution is -2.43. The van der Waals surface area contributed by atoms with Crippen molar-refractivity contribution in [2.75, 3.05) is 18.8 Å².